The summed E-state index contributed by atoms with van der Waals surface area (Å²) in [4.78, 5) is 30.6. The molecule has 31 heavy (non-hydrogen) atoms. The van der Waals surface area contributed by atoms with E-state index in [1.165, 1.54) is 12.1 Å². The molecule has 0 aliphatic carbocycles. The van der Waals surface area contributed by atoms with Gasteiger partial charge in [0.1, 0.15) is 5.82 Å². The van der Waals surface area contributed by atoms with Gasteiger partial charge in [-0.3, -0.25) is 9.36 Å². The Morgan fingerprint density at radius 2 is 1.84 bits per heavy atom. The maximum atomic E-state index is 13.4. The number of fused-ring (bicyclic) bond motifs is 3. The van der Waals surface area contributed by atoms with Crippen LogP contribution >= 0.6 is 0 Å². The number of H-pyrrole nitrogens is 1. The number of carbonyl (C=O) groups is 1. The van der Waals surface area contributed by atoms with Crippen molar-refractivity contribution in [2.45, 2.75) is 50.2 Å². The van der Waals surface area contributed by atoms with Gasteiger partial charge in [0.15, 0.2) is 0 Å². The summed E-state index contributed by atoms with van der Waals surface area (Å²) in [5.41, 5.74) is 3.00. The van der Waals surface area contributed by atoms with Crippen molar-refractivity contribution in [1.82, 2.24) is 14.5 Å². The van der Waals surface area contributed by atoms with Crippen LogP contribution < -0.4 is 5.69 Å². The minimum Gasteiger partial charge on any atom is -0.383 e. The lowest BCUT2D eigenvalue weighted by molar-refractivity contribution is 0.0571. The van der Waals surface area contributed by atoms with Crippen LogP contribution in [0.4, 0.5) is 4.39 Å². The Morgan fingerprint density at radius 1 is 1.13 bits per heavy atom. The molecular formula is C24H26FN3O3. The smallest absolute Gasteiger partial charge is 0.326 e. The number of rotatable bonds is 5. The molecule has 6 nitrogen and oxygen atoms in total. The van der Waals surface area contributed by atoms with Crippen LogP contribution in [0.15, 0.2) is 47.3 Å². The highest BCUT2D eigenvalue weighted by atomic mass is 19.1. The summed E-state index contributed by atoms with van der Waals surface area (Å²) in [7, 11) is 1.60. The first-order chi connectivity index (χ1) is 15.0. The summed E-state index contributed by atoms with van der Waals surface area (Å²) < 4.78 is 20.0. The van der Waals surface area contributed by atoms with Crippen LogP contribution in [0.2, 0.25) is 0 Å². The average Bonchev–Trinajstić information content (AvgIpc) is 3.23. The predicted molar refractivity (Wildman–Crippen MR) is 116 cm³/mol. The van der Waals surface area contributed by atoms with Gasteiger partial charge in [-0.1, -0.05) is 12.1 Å². The molecule has 2 saturated heterocycles. The van der Waals surface area contributed by atoms with Gasteiger partial charge >= 0.3 is 5.69 Å². The summed E-state index contributed by atoms with van der Waals surface area (Å²) in [6.45, 7) is 0.906. The normalized spacial score (nSPS) is 22.9. The van der Waals surface area contributed by atoms with Crippen LogP contribution in [0.25, 0.3) is 11.0 Å². The van der Waals surface area contributed by atoms with E-state index >= 15 is 0 Å². The fourth-order valence-corrected chi connectivity index (χ4v) is 5.37. The summed E-state index contributed by atoms with van der Waals surface area (Å²) in [6, 6.07) is 12.6. The second-order valence-electron chi connectivity index (χ2n) is 8.62. The number of halogens is 1. The lowest BCUT2D eigenvalue weighted by Crippen LogP contribution is -2.46. The molecule has 3 aromatic rings. The van der Waals surface area contributed by atoms with Crippen molar-refractivity contribution in [1.29, 1.82) is 0 Å². The van der Waals surface area contributed by atoms with Gasteiger partial charge in [-0.15, -0.1) is 0 Å². The number of nitrogens with zero attached hydrogens (tertiary/aromatic N) is 2. The number of ether oxygens (including phenoxy) is 1. The molecule has 5 rings (SSSR count). The second-order valence-corrected chi connectivity index (χ2v) is 8.62. The number of nitrogens with one attached hydrogen (secondary N) is 1. The third kappa shape index (κ3) is 3.57. The number of aromatic amines is 1. The van der Waals surface area contributed by atoms with Crippen molar-refractivity contribution in [3.63, 3.8) is 0 Å². The standard InChI is InChI=1S/C24H26FN3O3/c1-31-11-10-27-22-9-4-16(14-21(22)26-24(27)30)23(29)28-19-7-8-20(28)13-17(12-19)15-2-5-18(25)6-3-15/h2-6,9,14,17,19-20H,7-8,10-13H2,1H3,(H,26,30)/t19-,20-/m0/s1. The van der Waals surface area contributed by atoms with Gasteiger partial charge in [0.25, 0.3) is 5.91 Å². The fraction of sp³-hybridized carbons (Fsp3) is 0.417. The molecular weight excluding hydrogens is 397 g/mol. The van der Waals surface area contributed by atoms with Crippen LogP contribution in [0, 0.1) is 5.82 Å². The van der Waals surface area contributed by atoms with E-state index in [0.29, 0.717) is 30.1 Å². The molecule has 2 aliphatic heterocycles. The van der Waals surface area contributed by atoms with E-state index in [-0.39, 0.29) is 29.5 Å². The molecule has 7 heteroatoms. The van der Waals surface area contributed by atoms with E-state index in [2.05, 4.69) is 4.98 Å². The first-order valence-electron chi connectivity index (χ1n) is 10.8. The molecule has 0 radical (unpaired) electrons. The molecule has 2 atom stereocenters. The number of imidazole rings is 1. The van der Waals surface area contributed by atoms with E-state index < -0.39 is 0 Å². The molecule has 2 aromatic carbocycles. The SMILES string of the molecule is COCCn1c(=O)[nH]c2cc(C(=O)N3[C@H]4CC[C@H]3CC(c3ccc(F)cc3)C4)ccc21. The van der Waals surface area contributed by atoms with Crippen LogP contribution in [0.3, 0.4) is 0 Å². The molecule has 0 saturated carbocycles. The number of amides is 1. The molecule has 1 N–H and O–H groups in total. The number of benzene rings is 2. The zero-order valence-corrected chi connectivity index (χ0v) is 17.5. The molecule has 0 unspecified atom stereocenters. The Hall–Kier alpha value is -2.93. The highest BCUT2D eigenvalue weighted by Crippen LogP contribution is 2.43. The van der Waals surface area contributed by atoms with Crippen LogP contribution in [-0.2, 0) is 11.3 Å². The predicted octanol–water partition coefficient (Wildman–Crippen LogP) is 3.67. The van der Waals surface area contributed by atoms with Gasteiger partial charge in [-0.25, -0.2) is 9.18 Å². The number of hydrogen-bond donors (Lipinski definition) is 1. The van der Waals surface area contributed by atoms with Crippen molar-refractivity contribution in [2.24, 2.45) is 0 Å². The van der Waals surface area contributed by atoms with E-state index in [4.69, 9.17) is 4.74 Å². The van der Waals surface area contributed by atoms with Gasteiger partial charge in [0.2, 0.25) is 0 Å². The molecule has 1 amide bonds. The van der Waals surface area contributed by atoms with Gasteiger partial charge in [-0.05, 0) is 67.5 Å². The van der Waals surface area contributed by atoms with Gasteiger partial charge in [0.05, 0.1) is 24.2 Å². The summed E-state index contributed by atoms with van der Waals surface area (Å²) in [5.74, 6) is 0.164. The molecule has 1 aromatic heterocycles. The Bertz CT molecular complexity index is 1150. The van der Waals surface area contributed by atoms with E-state index in [1.807, 2.05) is 29.2 Å². The van der Waals surface area contributed by atoms with Gasteiger partial charge in [-0.2, -0.15) is 0 Å². The zero-order valence-electron chi connectivity index (χ0n) is 17.5. The fourth-order valence-electron chi connectivity index (χ4n) is 5.37. The van der Waals surface area contributed by atoms with E-state index in [9.17, 15) is 14.0 Å². The molecule has 2 bridgehead atoms. The van der Waals surface area contributed by atoms with Crippen LogP contribution in [0.1, 0.15) is 47.5 Å². The second kappa shape index (κ2) is 7.96. The molecule has 2 fully saturated rings. The van der Waals surface area contributed by atoms with Crippen molar-refractivity contribution in [3.8, 4) is 0 Å². The Balaban J connectivity index is 1.37. The summed E-state index contributed by atoms with van der Waals surface area (Å²) in [6.07, 6.45) is 3.81. The number of methoxy groups -OCH3 is 1. The lowest BCUT2D eigenvalue weighted by Gasteiger charge is -2.39. The first-order valence-corrected chi connectivity index (χ1v) is 10.8. The third-order valence-electron chi connectivity index (χ3n) is 6.85. The number of aromatic nitrogens is 2. The van der Waals surface area contributed by atoms with Crippen molar-refractivity contribution < 1.29 is 13.9 Å². The summed E-state index contributed by atoms with van der Waals surface area (Å²) in [5, 5.41) is 0. The van der Waals surface area contributed by atoms with E-state index in [0.717, 1.165) is 36.8 Å². The summed E-state index contributed by atoms with van der Waals surface area (Å²) >= 11 is 0. The van der Waals surface area contributed by atoms with Crippen molar-refractivity contribution in [2.75, 3.05) is 13.7 Å². The Kier molecular flexibility index (Phi) is 5.14. The van der Waals surface area contributed by atoms with Crippen molar-refractivity contribution >= 4 is 16.9 Å². The minimum absolute atomic E-state index is 0.0254. The van der Waals surface area contributed by atoms with Gasteiger partial charge in [0, 0.05) is 24.8 Å². The number of carbonyl (C=O) groups excluding carboxylic acids is 1. The Morgan fingerprint density at radius 3 is 2.52 bits per heavy atom. The molecule has 2 aliphatic rings. The van der Waals surface area contributed by atoms with Gasteiger partial charge < -0.3 is 14.6 Å². The third-order valence-corrected chi connectivity index (χ3v) is 6.85. The largest absolute Gasteiger partial charge is 0.383 e. The topological polar surface area (TPSA) is 67.3 Å². The lowest BCUT2D eigenvalue weighted by atomic mass is 9.85. The quantitative estimate of drug-likeness (QED) is 0.681. The number of hydrogen-bond acceptors (Lipinski definition) is 3. The monoisotopic (exact) mass is 423 g/mol. The zero-order chi connectivity index (χ0) is 21.5. The first kappa shape index (κ1) is 20.0. The van der Waals surface area contributed by atoms with Crippen molar-refractivity contribution in [3.05, 3.63) is 69.9 Å². The van der Waals surface area contributed by atoms with E-state index in [1.54, 1.807) is 17.7 Å². The average molecular weight is 423 g/mol. The molecule has 3 heterocycles. The highest BCUT2D eigenvalue weighted by Gasteiger charge is 2.43. The van der Waals surface area contributed by atoms with Crippen LogP contribution in [0.5, 0.6) is 0 Å². The molecule has 0 spiro atoms. The maximum absolute atomic E-state index is 13.4. The van der Waals surface area contributed by atoms with Crippen LogP contribution in [-0.4, -0.2) is 46.2 Å². The Labute approximate surface area is 179 Å². The minimum atomic E-state index is -0.219. The number of piperidine rings is 1. The maximum Gasteiger partial charge on any atom is 0.326 e. The molecule has 162 valence electrons. The highest BCUT2D eigenvalue weighted by molar-refractivity contribution is 5.98.